The molecule has 5 nitrogen and oxygen atoms in total. The van der Waals surface area contributed by atoms with E-state index in [1.165, 1.54) is 0 Å². The number of aryl methyl sites for hydroxylation is 1. The van der Waals surface area contributed by atoms with Crippen molar-refractivity contribution in [3.05, 3.63) is 24.0 Å². The lowest BCUT2D eigenvalue weighted by Gasteiger charge is -2.07. The van der Waals surface area contributed by atoms with Gasteiger partial charge < -0.3 is 10.1 Å². The van der Waals surface area contributed by atoms with E-state index in [9.17, 15) is 9.59 Å². The van der Waals surface area contributed by atoms with Gasteiger partial charge in [-0.15, -0.1) is 0 Å². The van der Waals surface area contributed by atoms with Gasteiger partial charge in [0.05, 0.1) is 13.0 Å². The smallest absolute Gasteiger partial charge is 0.306 e. The van der Waals surface area contributed by atoms with Gasteiger partial charge in [0.1, 0.15) is 0 Å². The molecule has 0 radical (unpaired) electrons. The van der Waals surface area contributed by atoms with Crippen LogP contribution in [0, 0.1) is 6.92 Å². The Labute approximate surface area is 100 Å². The fraction of sp³-hybridized carbons (Fsp3) is 0.417. The largest absolute Gasteiger partial charge is 0.466 e. The van der Waals surface area contributed by atoms with Gasteiger partial charge in [0.25, 0.3) is 0 Å². The van der Waals surface area contributed by atoms with E-state index in [4.69, 9.17) is 4.74 Å². The first kappa shape index (κ1) is 13.2. The quantitative estimate of drug-likeness (QED) is 0.789. The Kier molecular flexibility index (Phi) is 5.13. The van der Waals surface area contributed by atoms with E-state index in [0.29, 0.717) is 12.3 Å². The summed E-state index contributed by atoms with van der Waals surface area (Å²) in [5.74, 6) is -0.554. The summed E-state index contributed by atoms with van der Waals surface area (Å²) in [6, 6.07) is 1.72. The number of pyridine rings is 1. The third kappa shape index (κ3) is 4.63. The molecule has 0 atom stereocenters. The van der Waals surface area contributed by atoms with Crippen molar-refractivity contribution < 1.29 is 14.3 Å². The monoisotopic (exact) mass is 236 g/mol. The molecule has 0 aromatic carbocycles. The van der Waals surface area contributed by atoms with E-state index >= 15 is 0 Å². The Morgan fingerprint density at radius 1 is 1.41 bits per heavy atom. The van der Waals surface area contributed by atoms with Crippen molar-refractivity contribution in [3.8, 4) is 0 Å². The Morgan fingerprint density at radius 3 is 2.82 bits per heavy atom. The number of nitrogens with one attached hydrogen (secondary N) is 1. The van der Waals surface area contributed by atoms with Gasteiger partial charge in [0, 0.05) is 24.5 Å². The number of aromatic nitrogens is 1. The zero-order valence-corrected chi connectivity index (χ0v) is 10.0. The molecule has 0 aliphatic heterocycles. The van der Waals surface area contributed by atoms with Crippen molar-refractivity contribution in [2.45, 2.75) is 26.7 Å². The Balaban J connectivity index is 2.40. The van der Waals surface area contributed by atoms with E-state index < -0.39 is 0 Å². The number of esters is 1. The standard InChI is InChI=1S/C12H16N2O3/c1-3-17-12(16)5-4-11(15)14-10-6-7-13-8-9(10)2/h6-8H,3-5H2,1-2H3,(H,13,14,15). The third-order valence-corrected chi connectivity index (χ3v) is 2.16. The van der Waals surface area contributed by atoms with Crippen LogP contribution in [0.3, 0.4) is 0 Å². The molecule has 17 heavy (non-hydrogen) atoms. The van der Waals surface area contributed by atoms with E-state index in [0.717, 1.165) is 5.56 Å². The lowest BCUT2D eigenvalue weighted by Crippen LogP contribution is -2.15. The molecule has 1 aromatic rings. The summed E-state index contributed by atoms with van der Waals surface area (Å²) in [7, 11) is 0. The van der Waals surface area contributed by atoms with E-state index in [1.807, 2.05) is 6.92 Å². The van der Waals surface area contributed by atoms with Gasteiger partial charge in [-0.1, -0.05) is 0 Å². The van der Waals surface area contributed by atoms with Crippen molar-refractivity contribution in [3.63, 3.8) is 0 Å². The van der Waals surface area contributed by atoms with Gasteiger partial charge in [0.15, 0.2) is 0 Å². The summed E-state index contributed by atoms with van der Waals surface area (Å²) in [6.45, 7) is 3.93. The van der Waals surface area contributed by atoms with Crippen molar-refractivity contribution >= 4 is 17.6 Å². The lowest BCUT2D eigenvalue weighted by atomic mass is 10.2. The maximum absolute atomic E-state index is 11.5. The summed E-state index contributed by atoms with van der Waals surface area (Å²) in [5, 5.41) is 2.72. The summed E-state index contributed by atoms with van der Waals surface area (Å²) in [5.41, 5.74) is 1.60. The topological polar surface area (TPSA) is 68.3 Å². The summed E-state index contributed by atoms with van der Waals surface area (Å²) in [4.78, 5) is 26.5. The van der Waals surface area contributed by atoms with Gasteiger partial charge in [0.2, 0.25) is 5.91 Å². The SMILES string of the molecule is CCOC(=O)CCC(=O)Nc1ccncc1C. The van der Waals surface area contributed by atoms with Crippen molar-refractivity contribution in [1.29, 1.82) is 0 Å². The van der Waals surface area contributed by atoms with Crippen LogP contribution in [0.5, 0.6) is 0 Å². The zero-order valence-electron chi connectivity index (χ0n) is 10.0. The number of carbonyl (C=O) groups excluding carboxylic acids is 2. The van der Waals surface area contributed by atoms with Crippen molar-refractivity contribution in [2.75, 3.05) is 11.9 Å². The highest BCUT2D eigenvalue weighted by Crippen LogP contribution is 2.12. The van der Waals surface area contributed by atoms with Crippen LogP contribution in [-0.4, -0.2) is 23.5 Å². The van der Waals surface area contributed by atoms with E-state index in [-0.39, 0.29) is 24.7 Å². The maximum atomic E-state index is 11.5. The predicted molar refractivity (Wildman–Crippen MR) is 63.5 cm³/mol. The number of anilines is 1. The second-order valence-electron chi connectivity index (χ2n) is 3.54. The van der Waals surface area contributed by atoms with Gasteiger partial charge >= 0.3 is 5.97 Å². The molecule has 0 aliphatic carbocycles. The first-order chi connectivity index (χ1) is 8.13. The van der Waals surface area contributed by atoms with Gasteiger partial charge in [-0.05, 0) is 25.5 Å². The first-order valence-electron chi connectivity index (χ1n) is 5.49. The summed E-state index contributed by atoms with van der Waals surface area (Å²) in [6.07, 6.45) is 3.50. The molecule has 1 aromatic heterocycles. The summed E-state index contributed by atoms with van der Waals surface area (Å²) < 4.78 is 4.74. The highest BCUT2D eigenvalue weighted by molar-refractivity contribution is 5.93. The van der Waals surface area contributed by atoms with Crippen LogP contribution in [-0.2, 0) is 14.3 Å². The molecular formula is C12H16N2O3. The molecule has 0 saturated carbocycles. The normalized spacial score (nSPS) is 9.76. The molecule has 0 unspecified atom stereocenters. The molecule has 0 spiro atoms. The van der Waals surface area contributed by atoms with E-state index in [1.54, 1.807) is 25.4 Å². The average Bonchev–Trinajstić information content (AvgIpc) is 2.30. The zero-order chi connectivity index (χ0) is 12.7. The fourth-order valence-electron chi connectivity index (χ4n) is 1.28. The number of amides is 1. The van der Waals surface area contributed by atoms with Crippen LogP contribution in [0.4, 0.5) is 5.69 Å². The molecule has 5 heteroatoms. The second-order valence-corrected chi connectivity index (χ2v) is 3.54. The molecule has 1 amide bonds. The van der Waals surface area contributed by atoms with E-state index in [2.05, 4.69) is 10.3 Å². The van der Waals surface area contributed by atoms with Gasteiger partial charge in [-0.25, -0.2) is 0 Å². The summed E-state index contributed by atoms with van der Waals surface area (Å²) >= 11 is 0. The molecular weight excluding hydrogens is 220 g/mol. The molecule has 0 bridgehead atoms. The van der Waals surface area contributed by atoms with Crippen LogP contribution < -0.4 is 5.32 Å². The minimum atomic E-state index is -0.353. The van der Waals surface area contributed by atoms with Crippen molar-refractivity contribution in [2.24, 2.45) is 0 Å². The highest BCUT2D eigenvalue weighted by atomic mass is 16.5. The number of ether oxygens (including phenoxy) is 1. The van der Waals surface area contributed by atoms with Crippen LogP contribution in [0.2, 0.25) is 0 Å². The molecule has 0 fully saturated rings. The molecule has 92 valence electrons. The average molecular weight is 236 g/mol. The van der Waals surface area contributed by atoms with Crippen LogP contribution in [0.25, 0.3) is 0 Å². The minimum absolute atomic E-state index is 0.101. The minimum Gasteiger partial charge on any atom is -0.466 e. The molecule has 0 saturated heterocycles. The number of hydrogen-bond acceptors (Lipinski definition) is 4. The lowest BCUT2D eigenvalue weighted by molar-refractivity contribution is -0.144. The number of carbonyl (C=O) groups is 2. The van der Waals surface area contributed by atoms with Gasteiger partial charge in [-0.2, -0.15) is 0 Å². The first-order valence-corrected chi connectivity index (χ1v) is 5.49. The fourth-order valence-corrected chi connectivity index (χ4v) is 1.28. The molecule has 0 aliphatic rings. The molecule has 1 heterocycles. The second kappa shape index (κ2) is 6.62. The molecule has 1 rings (SSSR count). The van der Waals surface area contributed by atoms with Crippen LogP contribution >= 0.6 is 0 Å². The van der Waals surface area contributed by atoms with Crippen molar-refractivity contribution in [1.82, 2.24) is 4.98 Å². The Bertz CT molecular complexity index is 404. The van der Waals surface area contributed by atoms with Crippen LogP contribution in [0.1, 0.15) is 25.3 Å². The molecule has 1 N–H and O–H groups in total. The number of hydrogen-bond donors (Lipinski definition) is 1. The number of nitrogens with zero attached hydrogens (tertiary/aromatic N) is 1. The maximum Gasteiger partial charge on any atom is 0.306 e. The predicted octanol–water partition coefficient (Wildman–Crippen LogP) is 1.67. The highest BCUT2D eigenvalue weighted by Gasteiger charge is 2.08. The Hall–Kier alpha value is -1.91. The number of rotatable bonds is 5. The van der Waals surface area contributed by atoms with Crippen LogP contribution in [0.15, 0.2) is 18.5 Å². The van der Waals surface area contributed by atoms with Gasteiger partial charge in [-0.3, -0.25) is 14.6 Å². The Morgan fingerprint density at radius 2 is 2.18 bits per heavy atom. The third-order valence-electron chi connectivity index (χ3n) is 2.16.